The minimum Gasteiger partial charge on any atom is -0.444 e. The van der Waals surface area contributed by atoms with Crippen molar-refractivity contribution in [1.82, 2.24) is 14.5 Å². The zero-order valence-corrected chi connectivity index (χ0v) is 17.2. The topological polar surface area (TPSA) is 90.5 Å². The van der Waals surface area contributed by atoms with E-state index >= 15 is 0 Å². The van der Waals surface area contributed by atoms with Gasteiger partial charge in [-0.25, -0.2) is 9.78 Å². The molecule has 1 aromatic heterocycles. The first-order valence-corrected chi connectivity index (χ1v) is 9.90. The van der Waals surface area contributed by atoms with Crippen LogP contribution in [0.15, 0.2) is 23.0 Å². The van der Waals surface area contributed by atoms with Gasteiger partial charge in [0.1, 0.15) is 11.4 Å². The predicted octanol–water partition coefficient (Wildman–Crippen LogP) is 2.78. The SMILES string of the molecule is Cc1cccc2nc(CCN)n(C3CCN(C(=O)OC(C)(C)C)CC3)c(=O)c12. The number of piperidine rings is 1. The highest BCUT2D eigenvalue weighted by Crippen LogP contribution is 2.25. The Bertz CT molecular complexity index is 922. The van der Waals surface area contributed by atoms with Gasteiger partial charge in [-0.3, -0.25) is 9.36 Å². The first-order valence-electron chi connectivity index (χ1n) is 9.90. The summed E-state index contributed by atoms with van der Waals surface area (Å²) in [6.45, 7) is 9.06. The van der Waals surface area contributed by atoms with E-state index in [-0.39, 0.29) is 17.7 Å². The Hall–Kier alpha value is -2.41. The monoisotopic (exact) mass is 386 g/mol. The van der Waals surface area contributed by atoms with Crippen LogP contribution in [0.4, 0.5) is 4.79 Å². The lowest BCUT2D eigenvalue weighted by molar-refractivity contribution is 0.0186. The summed E-state index contributed by atoms with van der Waals surface area (Å²) < 4.78 is 7.28. The van der Waals surface area contributed by atoms with E-state index in [1.807, 2.05) is 50.5 Å². The number of nitrogens with zero attached hydrogens (tertiary/aromatic N) is 3. The summed E-state index contributed by atoms with van der Waals surface area (Å²) in [5, 5.41) is 0.665. The van der Waals surface area contributed by atoms with Crippen molar-refractivity contribution in [1.29, 1.82) is 0 Å². The number of rotatable bonds is 3. The van der Waals surface area contributed by atoms with E-state index in [1.54, 1.807) is 4.90 Å². The molecule has 1 aliphatic heterocycles. The van der Waals surface area contributed by atoms with Crippen molar-refractivity contribution in [2.75, 3.05) is 19.6 Å². The molecule has 0 spiro atoms. The molecule has 28 heavy (non-hydrogen) atoms. The lowest BCUT2D eigenvalue weighted by Gasteiger charge is -2.34. The van der Waals surface area contributed by atoms with E-state index in [1.165, 1.54) is 0 Å². The molecule has 2 aromatic rings. The maximum Gasteiger partial charge on any atom is 0.410 e. The minimum absolute atomic E-state index is 0.00393. The van der Waals surface area contributed by atoms with Crippen LogP contribution in [0.1, 0.15) is 51.0 Å². The summed E-state index contributed by atoms with van der Waals surface area (Å²) in [5.41, 5.74) is 6.90. The van der Waals surface area contributed by atoms with E-state index < -0.39 is 5.60 Å². The lowest BCUT2D eigenvalue weighted by Crippen LogP contribution is -2.44. The average Bonchev–Trinajstić information content (AvgIpc) is 2.61. The summed E-state index contributed by atoms with van der Waals surface area (Å²) >= 11 is 0. The van der Waals surface area contributed by atoms with Crippen LogP contribution in [0, 0.1) is 6.92 Å². The number of aromatic nitrogens is 2. The lowest BCUT2D eigenvalue weighted by atomic mass is 10.0. The zero-order valence-electron chi connectivity index (χ0n) is 17.2. The van der Waals surface area contributed by atoms with Gasteiger partial charge in [-0.2, -0.15) is 0 Å². The molecule has 1 aromatic carbocycles. The Balaban J connectivity index is 1.89. The molecule has 152 valence electrons. The number of benzene rings is 1. The van der Waals surface area contributed by atoms with Crippen molar-refractivity contribution in [3.8, 4) is 0 Å². The number of aryl methyl sites for hydroxylation is 1. The van der Waals surface area contributed by atoms with Crippen molar-refractivity contribution in [2.45, 2.75) is 58.6 Å². The van der Waals surface area contributed by atoms with Crippen molar-refractivity contribution in [3.63, 3.8) is 0 Å². The number of fused-ring (bicyclic) bond motifs is 1. The molecule has 3 rings (SSSR count). The Labute approximate surface area is 165 Å². The highest BCUT2D eigenvalue weighted by molar-refractivity contribution is 5.81. The van der Waals surface area contributed by atoms with Crippen LogP contribution in [0.2, 0.25) is 0 Å². The number of likely N-dealkylation sites (tertiary alicyclic amines) is 1. The van der Waals surface area contributed by atoms with E-state index in [0.717, 1.165) is 16.9 Å². The molecule has 1 saturated heterocycles. The first-order chi connectivity index (χ1) is 13.2. The second-order valence-corrected chi connectivity index (χ2v) is 8.41. The highest BCUT2D eigenvalue weighted by Gasteiger charge is 2.29. The number of ether oxygens (including phenoxy) is 1. The summed E-state index contributed by atoms with van der Waals surface area (Å²) in [4.78, 5) is 32.1. The van der Waals surface area contributed by atoms with Crippen LogP contribution in [-0.4, -0.2) is 45.8 Å². The second-order valence-electron chi connectivity index (χ2n) is 8.41. The number of amides is 1. The van der Waals surface area contributed by atoms with E-state index in [4.69, 9.17) is 15.5 Å². The average molecular weight is 386 g/mol. The largest absolute Gasteiger partial charge is 0.444 e. The molecular weight excluding hydrogens is 356 g/mol. The number of hydrogen-bond acceptors (Lipinski definition) is 5. The Morgan fingerprint density at radius 3 is 2.57 bits per heavy atom. The van der Waals surface area contributed by atoms with Gasteiger partial charge in [0.2, 0.25) is 0 Å². The van der Waals surface area contributed by atoms with Gasteiger partial charge in [0.05, 0.1) is 10.9 Å². The minimum atomic E-state index is -0.515. The fourth-order valence-corrected chi connectivity index (χ4v) is 3.77. The predicted molar refractivity (Wildman–Crippen MR) is 110 cm³/mol. The van der Waals surface area contributed by atoms with Gasteiger partial charge < -0.3 is 15.4 Å². The maximum atomic E-state index is 13.3. The third kappa shape index (κ3) is 4.19. The summed E-state index contributed by atoms with van der Waals surface area (Å²) in [7, 11) is 0. The van der Waals surface area contributed by atoms with Crippen LogP contribution < -0.4 is 11.3 Å². The molecule has 1 fully saturated rings. The second kappa shape index (κ2) is 7.91. The Kier molecular flexibility index (Phi) is 5.74. The van der Waals surface area contributed by atoms with Gasteiger partial charge in [-0.05, 0) is 58.7 Å². The van der Waals surface area contributed by atoms with Gasteiger partial charge in [0.25, 0.3) is 5.56 Å². The fraction of sp³-hybridized carbons (Fsp3) is 0.571. The molecule has 0 unspecified atom stereocenters. The maximum absolute atomic E-state index is 13.3. The molecule has 0 aliphatic carbocycles. The third-order valence-corrected chi connectivity index (χ3v) is 5.06. The summed E-state index contributed by atoms with van der Waals surface area (Å²) in [6.07, 6.45) is 1.63. The number of carbonyl (C=O) groups is 1. The van der Waals surface area contributed by atoms with Crippen molar-refractivity contribution < 1.29 is 9.53 Å². The van der Waals surface area contributed by atoms with Crippen LogP contribution in [-0.2, 0) is 11.2 Å². The number of nitrogens with two attached hydrogens (primary N) is 1. The molecule has 2 N–H and O–H groups in total. The molecular formula is C21H30N4O3. The van der Waals surface area contributed by atoms with Crippen molar-refractivity contribution >= 4 is 17.0 Å². The molecule has 0 bridgehead atoms. The molecule has 2 heterocycles. The van der Waals surface area contributed by atoms with Gasteiger partial charge in [-0.1, -0.05) is 12.1 Å². The summed E-state index contributed by atoms with van der Waals surface area (Å²) in [5.74, 6) is 0.723. The smallest absolute Gasteiger partial charge is 0.410 e. The molecule has 7 heteroatoms. The normalized spacial score (nSPS) is 15.8. The van der Waals surface area contributed by atoms with Crippen LogP contribution in [0.25, 0.3) is 10.9 Å². The Morgan fingerprint density at radius 1 is 1.29 bits per heavy atom. The first kappa shape index (κ1) is 20.3. The molecule has 1 aliphatic rings. The van der Waals surface area contributed by atoms with Crippen LogP contribution in [0.5, 0.6) is 0 Å². The Morgan fingerprint density at radius 2 is 1.96 bits per heavy atom. The molecule has 0 radical (unpaired) electrons. The highest BCUT2D eigenvalue weighted by atomic mass is 16.6. The molecule has 7 nitrogen and oxygen atoms in total. The molecule has 0 saturated carbocycles. The van der Waals surface area contributed by atoms with Crippen molar-refractivity contribution in [3.05, 3.63) is 39.9 Å². The quantitative estimate of drug-likeness (QED) is 0.876. The third-order valence-electron chi connectivity index (χ3n) is 5.06. The fourth-order valence-electron chi connectivity index (χ4n) is 3.77. The standard InChI is InChI=1S/C21H30N4O3/c1-14-6-5-7-16-18(14)19(26)25(17(23-16)8-11-22)15-9-12-24(13-10-15)20(27)28-21(2,3)4/h5-7,15H,8-13,22H2,1-4H3. The van der Waals surface area contributed by atoms with E-state index in [9.17, 15) is 9.59 Å². The zero-order chi connectivity index (χ0) is 20.5. The van der Waals surface area contributed by atoms with Crippen LogP contribution in [0.3, 0.4) is 0 Å². The van der Waals surface area contributed by atoms with Crippen molar-refractivity contribution in [2.24, 2.45) is 5.73 Å². The van der Waals surface area contributed by atoms with E-state index in [2.05, 4.69) is 0 Å². The number of hydrogen-bond donors (Lipinski definition) is 1. The molecule has 1 amide bonds. The van der Waals surface area contributed by atoms with E-state index in [0.29, 0.717) is 44.3 Å². The van der Waals surface area contributed by atoms with Gasteiger partial charge in [-0.15, -0.1) is 0 Å². The summed E-state index contributed by atoms with van der Waals surface area (Å²) in [6, 6.07) is 5.73. The van der Waals surface area contributed by atoms with Crippen LogP contribution >= 0.6 is 0 Å². The van der Waals surface area contributed by atoms with Gasteiger partial charge >= 0.3 is 6.09 Å². The van der Waals surface area contributed by atoms with Gasteiger partial charge in [0.15, 0.2) is 0 Å². The van der Waals surface area contributed by atoms with Gasteiger partial charge in [0, 0.05) is 25.6 Å². The molecule has 0 atom stereocenters. The number of carbonyl (C=O) groups excluding carboxylic acids is 1.